The van der Waals surface area contributed by atoms with Gasteiger partial charge in [0.05, 0.1) is 5.60 Å². The molecule has 0 aliphatic rings. The number of rotatable bonds is 10. The molecular weight excluding hydrogens is 251 g/mol. The van der Waals surface area contributed by atoms with Crippen LogP contribution in [0.3, 0.4) is 0 Å². The lowest BCUT2D eigenvalue weighted by molar-refractivity contribution is -0.00766. The molecule has 0 amide bonds. The molecule has 1 aromatic carbocycles. The summed E-state index contributed by atoms with van der Waals surface area (Å²) in [6.07, 6.45) is 10.1. The van der Waals surface area contributed by atoms with Crippen LogP contribution >= 0.6 is 0 Å². The number of ether oxygens (including phenoxy) is 1. The average Bonchev–Trinajstić information content (AvgIpc) is 2.46. The molecule has 20 heavy (non-hydrogen) atoms. The summed E-state index contributed by atoms with van der Waals surface area (Å²) in [7, 11) is 1.74. The first kappa shape index (κ1) is 17.2. The molecule has 0 fully saturated rings. The molecular formula is C18H29FO. The van der Waals surface area contributed by atoms with Crippen molar-refractivity contribution in [3.63, 3.8) is 0 Å². The molecule has 1 atom stereocenters. The van der Waals surface area contributed by atoms with Gasteiger partial charge in [-0.2, -0.15) is 0 Å². The molecule has 1 rings (SSSR count). The number of hydrogen-bond acceptors (Lipinski definition) is 1. The van der Waals surface area contributed by atoms with Crippen molar-refractivity contribution in [1.29, 1.82) is 0 Å². The van der Waals surface area contributed by atoms with Crippen LogP contribution in [0.1, 0.15) is 70.8 Å². The molecule has 0 saturated heterocycles. The Morgan fingerprint density at radius 2 is 1.50 bits per heavy atom. The molecule has 0 heterocycles. The van der Waals surface area contributed by atoms with Gasteiger partial charge in [-0.25, -0.2) is 4.39 Å². The zero-order valence-corrected chi connectivity index (χ0v) is 13.3. The lowest BCUT2D eigenvalue weighted by Gasteiger charge is -2.29. The lowest BCUT2D eigenvalue weighted by Crippen LogP contribution is -2.24. The Labute approximate surface area is 123 Å². The largest absolute Gasteiger partial charge is 0.374 e. The van der Waals surface area contributed by atoms with Crippen LogP contribution in [0, 0.1) is 5.82 Å². The van der Waals surface area contributed by atoms with E-state index in [1.807, 2.05) is 12.1 Å². The number of methoxy groups -OCH3 is 1. The Bertz CT molecular complexity index is 360. The second kappa shape index (κ2) is 9.12. The number of unbranched alkanes of at least 4 members (excludes halogenated alkanes) is 6. The fraction of sp³-hybridized carbons (Fsp3) is 0.667. The van der Waals surface area contributed by atoms with Crippen molar-refractivity contribution < 1.29 is 9.13 Å². The smallest absolute Gasteiger partial charge is 0.123 e. The summed E-state index contributed by atoms with van der Waals surface area (Å²) in [5.74, 6) is -0.192. The summed E-state index contributed by atoms with van der Waals surface area (Å²) in [4.78, 5) is 0. The van der Waals surface area contributed by atoms with Crippen LogP contribution in [0.2, 0.25) is 0 Å². The maximum absolute atomic E-state index is 13.0. The minimum atomic E-state index is -0.295. The standard InChI is InChI=1S/C18H29FO/c1-4-5-6-7-8-9-10-15-18(2,20-3)16-11-13-17(19)14-12-16/h11-14H,4-10,15H2,1-3H3. The van der Waals surface area contributed by atoms with Gasteiger partial charge in [0.15, 0.2) is 0 Å². The predicted octanol–water partition coefficient (Wildman–Crippen LogP) is 5.83. The Balaban J connectivity index is 2.36. The van der Waals surface area contributed by atoms with E-state index < -0.39 is 0 Å². The molecule has 2 heteroatoms. The second-order valence-corrected chi connectivity index (χ2v) is 5.81. The first-order valence-electron chi connectivity index (χ1n) is 7.93. The maximum Gasteiger partial charge on any atom is 0.123 e. The van der Waals surface area contributed by atoms with Crippen LogP contribution in [0.4, 0.5) is 4.39 Å². The highest BCUT2D eigenvalue weighted by molar-refractivity contribution is 5.22. The van der Waals surface area contributed by atoms with Crippen LogP contribution in [0.15, 0.2) is 24.3 Å². The minimum absolute atomic E-state index is 0.192. The van der Waals surface area contributed by atoms with E-state index in [0.29, 0.717) is 0 Å². The predicted molar refractivity (Wildman–Crippen MR) is 83.4 cm³/mol. The van der Waals surface area contributed by atoms with Crippen LogP contribution in [-0.2, 0) is 10.3 Å². The molecule has 0 saturated carbocycles. The van der Waals surface area contributed by atoms with Gasteiger partial charge in [0.2, 0.25) is 0 Å². The Morgan fingerprint density at radius 3 is 2.05 bits per heavy atom. The van der Waals surface area contributed by atoms with E-state index in [9.17, 15) is 4.39 Å². The SMILES string of the molecule is CCCCCCCCCC(C)(OC)c1ccc(F)cc1. The van der Waals surface area contributed by atoms with E-state index in [2.05, 4.69) is 13.8 Å². The first-order valence-corrected chi connectivity index (χ1v) is 7.93. The van der Waals surface area contributed by atoms with Crippen molar-refractivity contribution in [3.05, 3.63) is 35.6 Å². The topological polar surface area (TPSA) is 9.23 Å². The molecule has 114 valence electrons. The van der Waals surface area contributed by atoms with Crippen molar-refractivity contribution in [3.8, 4) is 0 Å². The van der Waals surface area contributed by atoms with Gasteiger partial charge < -0.3 is 4.74 Å². The third-order valence-corrected chi connectivity index (χ3v) is 4.16. The van der Waals surface area contributed by atoms with Gasteiger partial charge in [0.25, 0.3) is 0 Å². The Hall–Kier alpha value is -0.890. The van der Waals surface area contributed by atoms with Crippen molar-refractivity contribution in [2.45, 2.75) is 70.8 Å². The molecule has 0 spiro atoms. The van der Waals surface area contributed by atoms with E-state index in [4.69, 9.17) is 4.74 Å². The van der Waals surface area contributed by atoms with Crippen molar-refractivity contribution in [2.24, 2.45) is 0 Å². The van der Waals surface area contributed by atoms with Crippen molar-refractivity contribution >= 4 is 0 Å². The highest BCUT2D eigenvalue weighted by Gasteiger charge is 2.25. The minimum Gasteiger partial charge on any atom is -0.374 e. The summed E-state index contributed by atoms with van der Waals surface area (Å²) < 4.78 is 18.7. The van der Waals surface area contributed by atoms with Gasteiger partial charge in [-0.3, -0.25) is 0 Å². The van der Waals surface area contributed by atoms with E-state index in [-0.39, 0.29) is 11.4 Å². The molecule has 0 radical (unpaired) electrons. The van der Waals surface area contributed by atoms with Gasteiger partial charge in [0.1, 0.15) is 5.82 Å². The van der Waals surface area contributed by atoms with Crippen LogP contribution in [0.5, 0.6) is 0 Å². The summed E-state index contributed by atoms with van der Waals surface area (Å²) >= 11 is 0. The van der Waals surface area contributed by atoms with E-state index in [1.165, 1.54) is 50.7 Å². The summed E-state index contributed by atoms with van der Waals surface area (Å²) in [6, 6.07) is 6.69. The zero-order valence-electron chi connectivity index (χ0n) is 13.3. The number of benzene rings is 1. The fourth-order valence-corrected chi connectivity index (χ4v) is 2.59. The monoisotopic (exact) mass is 280 g/mol. The summed E-state index contributed by atoms with van der Waals surface area (Å²) in [5, 5.41) is 0. The molecule has 0 aliphatic carbocycles. The van der Waals surface area contributed by atoms with Crippen molar-refractivity contribution in [2.75, 3.05) is 7.11 Å². The van der Waals surface area contributed by atoms with Gasteiger partial charge in [-0.05, 0) is 31.0 Å². The van der Waals surface area contributed by atoms with E-state index >= 15 is 0 Å². The summed E-state index contributed by atoms with van der Waals surface area (Å²) in [5.41, 5.74) is 0.768. The van der Waals surface area contributed by atoms with Gasteiger partial charge in [-0.15, -0.1) is 0 Å². The Kier molecular flexibility index (Phi) is 7.83. The first-order chi connectivity index (χ1) is 9.62. The number of halogens is 1. The van der Waals surface area contributed by atoms with Crippen LogP contribution in [-0.4, -0.2) is 7.11 Å². The van der Waals surface area contributed by atoms with Crippen LogP contribution in [0.25, 0.3) is 0 Å². The molecule has 0 N–H and O–H groups in total. The molecule has 0 aromatic heterocycles. The normalized spacial score (nSPS) is 14.2. The van der Waals surface area contributed by atoms with E-state index in [0.717, 1.165) is 18.4 Å². The second-order valence-electron chi connectivity index (χ2n) is 5.81. The van der Waals surface area contributed by atoms with Gasteiger partial charge >= 0.3 is 0 Å². The molecule has 1 unspecified atom stereocenters. The third kappa shape index (κ3) is 5.62. The number of hydrogen-bond donors (Lipinski definition) is 0. The molecule has 1 nitrogen and oxygen atoms in total. The zero-order chi connectivity index (χ0) is 14.8. The Morgan fingerprint density at radius 1 is 0.950 bits per heavy atom. The van der Waals surface area contributed by atoms with Crippen LogP contribution < -0.4 is 0 Å². The quantitative estimate of drug-likeness (QED) is 0.490. The molecule has 0 aliphatic heterocycles. The lowest BCUT2D eigenvalue weighted by atomic mass is 9.89. The highest BCUT2D eigenvalue weighted by Crippen LogP contribution is 2.30. The molecule has 0 bridgehead atoms. The fourth-order valence-electron chi connectivity index (χ4n) is 2.59. The maximum atomic E-state index is 13.0. The van der Waals surface area contributed by atoms with Gasteiger partial charge in [-0.1, -0.05) is 64.0 Å². The third-order valence-electron chi connectivity index (χ3n) is 4.16. The van der Waals surface area contributed by atoms with Crippen molar-refractivity contribution in [1.82, 2.24) is 0 Å². The average molecular weight is 280 g/mol. The summed E-state index contributed by atoms with van der Waals surface area (Å²) in [6.45, 7) is 4.34. The highest BCUT2D eigenvalue weighted by atomic mass is 19.1. The molecule has 1 aromatic rings. The van der Waals surface area contributed by atoms with E-state index in [1.54, 1.807) is 7.11 Å². The van der Waals surface area contributed by atoms with Gasteiger partial charge in [0, 0.05) is 7.11 Å².